The summed E-state index contributed by atoms with van der Waals surface area (Å²) >= 11 is 0. The highest BCUT2D eigenvalue weighted by Gasteiger charge is 2.26. The van der Waals surface area contributed by atoms with E-state index < -0.39 is 0 Å². The molecular formula is C16H23ClN4O2. The van der Waals surface area contributed by atoms with Crippen molar-refractivity contribution in [3.63, 3.8) is 0 Å². The van der Waals surface area contributed by atoms with Gasteiger partial charge in [-0.25, -0.2) is 4.79 Å². The number of hydrogen-bond acceptors (Lipinski definition) is 3. The molecule has 2 fully saturated rings. The van der Waals surface area contributed by atoms with Crippen LogP contribution in [0.3, 0.4) is 0 Å². The second-order valence-electron chi connectivity index (χ2n) is 6.04. The Morgan fingerprint density at radius 1 is 1.30 bits per heavy atom. The van der Waals surface area contributed by atoms with E-state index in [0.29, 0.717) is 25.4 Å². The first-order chi connectivity index (χ1) is 10.6. The van der Waals surface area contributed by atoms with E-state index in [0.717, 1.165) is 30.6 Å². The lowest BCUT2D eigenvalue weighted by atomic mass is 10.00. The van der Waals surface area contributed by atoms with Gasteiger partial charge in [0, 0.05) is 36.9 Å². The van der Waals surface area contributed by atoms with Crippen LogP contribution in [-0.2, 0) is 4.79 Å². The molecular weight excluding hydrogens is 316 g/mol. The van der Waals surface area contributed by atoms with E-state index in [1.807, 2.05) is 24.3 Å². The van der Waals surface area contributed by atoms with Gasteiger partial charge in [-0.1, -0.05) is 6.42 Å². The molecule has 4 N–H and O–H groups in total. The van der Waals surface area contributed by atoms with E-state index in [-0.39, 0.29) is 30.4 Å². The maximum Gasteiger partial charge on any atom is 0.321 e. The van der Waals surface area contributed by atoms with Crippen molar-refractivity contribution in [2.24, 2.45) is 11.7 Å². The van der Waals surface area contributed by atoms with Crippen molar-refractivity contribution in [3.8, 4) is 0 Å². The number of urea groups is 1. The number of hydrogen-bond donors (Lipinski definition) is 3. The predicted octanol–water partition coefficient (Wildman–Crippen LogP) is 2.09. The van der Waals surface area contributed by atoms with Crippen LogP contribution < -0.4 is 21.3 Å². The monoisotopic (exact) mass is 338 g/mol. The first kappa shape index (κ1) is 17.6. The minimum absolute atomic E-state index is 0. The topological polar surface area (TPSA) is 87.5 Å². The summed E-state index contributed by atoms with van der Waals surface area (Å²) in [7, 11) is 0. The van der Waals surface area contributed by atoms with Gasteiger partial charge >= 0.3 is 6.03 Å². The molecule has 1 saturated heterocycles. The highest BCUT2D eigenvalue weighted by atomic mass is 35.5. The smallest absolute Gasteiger partial charge is 0.321 e. The van der Waals surface area contributed by atoms with Gasteiger partial charge in [-0.2, -0.15) is 0 Å². The van der Waals surface area contributed by atoms with E-state index >= 15 is 0 Å². The van der Waals surface area contributed by atoms with Gasteiger partial charge in [-0.3, -0.25) is 9.69 Å². The molecule has 1 aromatic rings. The fourth-order valence-corrected chi connectivity index (χ4v) is 3.21. The van der Waals surface area contributed by atoms with E-state index in [1.54, 1.807) is 4.90 Å². The molecule has 0 spiro atoms. The average molecular weight is 339 g/mol. The van der Waals surface area contributed by atoms with Crippen LogP contribution in [0.1, 0.15) is 25.7 Å². The Bertz CT molecular complexity index is 564. The summed E-state index contributed by atoms with van der Waals surface area (Å²) in [6, 6.07) is 7.43. The summed E-state index contributed by atoms with van der Waals surface area (Å²) < 4.78 is 0. The summed E-state index contributed by atoms with van der Waals surface area (Å²) in [4.78, 5) is 25.3. The molecule has 6 nitrogen and oxygen atoms in total. The van der Waals surface area contributed by atoms with E-state index in [2.05, 4.69) is 10.6 Å². The van der Waals surface area contributed by atoms with Crippen LogP contribution in [0.4, 0.5) is 16.2 Å². The van der Waals surface area contributed by atoms with Crippen molar-refractivity contribution in [2.75, 3.05) is 23.3 Å². The maximum absolute atomic E-state index is 12.1. The molecule has 23 heavy (non-hydrogen) atoms. The van der Waals surface area contributed by atoms with Gasteiger partial charge in [0.25, 0.3) is 0 Å². The molecule has 2 aliphatic rings. The second-order valence-corrected chi connectivity index (χ2v) is 6.04. The van der Waals surface area contributed by atoms with Crippen molar-refractivity contribution in [1.29, 1.82) is 0 Å². The van der Waals surface area contributed by atoms with Crippen LogP contribution in [0, 0.1) is 5.92 Å². The van der Waals surface area contributed by atoms with Crippen molar-refractivity contribution in [3.05, 3.63) is 24.3 Å². The normalized spacial score (nSPS) is 23.3. The molecule has 126 valence electrons. The molecule has 1 aromatic carbocycles. The number of halogens is 1. The van der Waals surface area contributed by atoms with Crippen molar-refractivity contribution in [1.82, 2.24) is 5.32 Å². The van der Waals surface area contributed by atoms with Gasteiger partial charge in [0.15, 0.2) is 0 Å². The number of amides is 3. The lowest BCUT2D eigenvalue weighted by molar-refractivity contribution is -0.117. The van der Waals surface area contributed by atoms with Crippen molar-refractivity contribution in [2.45, 2.75) is 31.7 Å². The SMILES string of the molecule is Cl.N[C@@H]1CCC[C@H]1CC(=O)Nc1ccc(N2CCNC2=O)cc1. The van der Waals surface area contributed by atoms with Gasteiger partial charge in [-0.05, 0) is 43.0 Å². The largest absolute Gasteiger partial charge is 0.336 e. The van der Waals surface area contributed by atoms with E-state index in [9.17, 15) is 9.59 Å². The molecule has 0 radical (unpaired) electrons. The molecule has 3 rings (SSSR count). The van der Waals surface area contributed by atoms with Crippen LogP contribution in [-0.4, -0.2) is 31.1 Å². The summed E-state index contributed by atoms with van der Waals surface area (Å²) in [5.74, 6) is 0.307. The Morgan fingerprint density at radius 2 is 2.04 bits per heavy atom. The Kier molecular flexibility index (Phi) is 5.85. The number of rotatable bonds is 4. The molecule has 1 aliphatic carbocycles. The lowest BCUT2D eigenvalue weighted by Crippen LogP contribution is -2.28. The highest BCUT2D eigenvalue weighted by Crippen LogP contribution is 2.27. The standard InChI is InChI=1S/C16H22N4O2.ClH/c17-14-3-1-2-11(14)10-15(21)19-12-4-6-13(7-5-12)20-9-8-18-16(20)22;/h4-7,11,14H,1-3,8-10,17H2,(H,18,22)(H,19,21);1H/t11-,14+;/m0./s1. The quantitative estimate of drug-likeness (QED) is 0.785. The number of nitrogens with two attached hydrogens (primary N) is 1. The molecule has 2 atom stereocenters. The molecule has 1 saturated carbocycles. The Hall–Kier alpha value is -1.79. The fraction of sp³-hybridized carbons (Fsp3) is 0.500. The molecule has 7 heteroatoms. The maximum atomic E-state index is 12.1. The van der Waals surface area contributed by atoms with Crippen molar-refractivity contribution < 1.29 is 9.59 Å². The predicted molar refractivity (Wildman–Crippen MR) is 93.0 cm³/mol. The van der Waals surface area contributed by atoms with Crippen LogP contribution >= 0.6 is 12.4 Å². The third-order valence-corrected chi connectivity index (χ3v) is 4.48. The minimum atomic E-state index is -0.0768. The molecule has 0 aromatic heterocycles. The molecule has 0 unspecified atom stereocenters. The van der Waals surface area contributed by atoms with Crippen LogP contribution in [0.2, 0.25) is 0 Å². The third kappa shape index (κ3) is 4.14. The van der Waals surface area contributed by atoms with Crippen LogP contribution in [0.15, 0.2) is 24.3 Å². The van der Waals surface area contributed by atoms with Gasteiger partial charge in [-0.15, -0.1) is 12.4 Å². The lowest BCUT2D eigenvalue weighted by Gasteiger charge is -2.16. The first-order valence-electron chi connectivity index (χ1n) is 7.84. The zero-order valence-corrected chi connectivity index (χ0v) is 13.8. The molecule has 3 amide bonds. The van der Waals surface area contributed by atoms with Gasteiger partial charge in [0.2, 0.25) is 5.91 Å². The Morgan fingerprint density at radius 3 is 2.61 bits per heavy atom. The second kappa shape index (κ2) is 7.66. The number of nitrogens with one attached hydrogen (secondary N) is 2. The van der Waals surface area contributed by atoms with E-state index in [1.165, 1.54) is 0 Å². The number of carbonyl (C=O) groups excluding carboxylic acids is 2. The van der Waals surface area contributed by atoms with Gasteiger partial charge in [0.05, 0.1) is 0 Å². The van der Waals surface area contributed by atoms with Gasteiger partial charge in [0.1, 0.15) is 0 Å². The number of nitrogens with zero attached hydrogens (tertiary/aromatic N) is 1. The fourth-order valence-electron chi connectivity index (χ4n) is 3.21. The zero-order valence-electron chi connectivity index (χ0n) is 13.0. The van der Waals surface area contributed by atoms with Crippen LogP contribution in [0.5, 0.6) is 0 Å². The summed E-state index contributed by atoms with van der Waals surface area (Å²) in [5.41, 5.74) is 7.59. The van der Waals surface area contributed by atoms with Gasteiger partial charge < -0.3 is 16.4 Å². The Labute approximate surface area is 142 Å². The number of benzene rings is 1. The van der Waals surface area contributed by atoms with Crippen molar-refractivity contribution >= 4 is 35.7 Å². The molecule has 0 bridgehead atoms. The summed E-state index contributed by atoms with van der Waals surface area (Å²) in [6.45, 7) is 1.34. The Balaban J connectivity index is 0.00000192. The summed E-state index contributed by atoms with van der Waals surface area (Å²) in [6.07, 6.45) is 3.66. The summed E-state index contributed by atoms with van der Waals surface area (Å²) in [5, 5.41) is 5.67. The number of anilines is 2. The minimum Gasteiger partial charge on any atom is -0.336 e. The zero-order chi connectivity index (χ0) is 15.5. The number of carbonyl (C=O) groups is 2. The molecule has 1 aliphatic heterocycles. The van der Waals surface area contributed by atoms with Crippen LogP contribution in [0.25, 0.3) is 0 Å². The average Bonchev–Trinajstić information content (AvgIpc) is 3.09. The molecule has 1 heterocycles. The first-order valence-corrected chi connectivity index (χ1v) is 7.84. The third-order valence-electron chi connectivity index (χ3n) is 4.48. The van der Waals surface area contributed by atoms with E-state index in [4.69, 9.17) is 5.73 Å². The highest BCUT2D eigenvalue weighted by molar-refractivity contribution is 5.95.